The van der Waals surface area contributed by atoms with Gasteiger partial charge in [-0.1, -0.05) is 156 Å². The predicted molar refractivity (Wildman–Crippen MR) is 194 cm³/mol. The fourth-order valence-electron chi connectivity index (χ4n) is 6.17. The van der Waals surface area contributed by atoms with E-state index in [9.17, 15) is 9.59 Å². The van der Waals surface area contributed by atoms with E-state index in [1.54, 1.807) is 0 Å². The lowest BCUT2D eigenvalue weighted by Gasteiger charge is -2.17. The largest absolute Gasteiger partial charge is 0.465 e. The summed E-state index contributed by atoms with van der Waals surface area (Å²) in [6.45, 7) is 11.8. The molecule has 5 heteroatoms. The first-order valence-electron chi connectivity index (χ1n) is 20.1. The Kier molecular flexibility index (Phi) is 34.9. The summed E-state index contributed by atoms with van der Waals surface area (Å²) in [6, 6.07) is 0. The van der Waals surface area contributed by atoms with Crippen molar-refractivity contribution in [3.8, 4) is 0 Å². The lowest BCUT2D eigenvalue weighted by molar-refractivity contribution is -0.146. The normalized spacial score (nSPS) is 12.7. The molecule has 5 nitrogen and oxygen atoms in total. The van der Waals surface area contributed by atoms with Crippen molar-refractivity contribution in [1.29, 1.82) is 0 Å². The topological polar surface area (TPSA) is 64.6 Å². The van der Waals surface area contributed by atoms with Gasteiger partial charge in [0.25, 0.3) is 0 Å². The third kappa shape index (κ3) is 32.6. The Labute approximate surface area is 281 Å². The number of ether oxygens (including phenoxy) is 2. The minimum Gasteiger partial charge on any atom is -0.465 e. The van der Waals surface area contributed by atoms with E-state index >= 15 is 0 Å². The summed E-state index contributed by atoms with van der Waals surface area (Å²) >= 11 is 0. The molecular formula is C40H79NO4. The molecule has 45 heavy (non-hydrogen) atoms. The molecule has 0 aromatic carbocycles. The van der Waals surface area contributed by atoms with Gasteiger partial charge in [-0.2, -0.15) is 0 Å². The summed E-state index contributed by atoms with van der Waals surface area (Å²) in [6.07, 6.45) is 33.2. The van der Waals surface area contributed by atoms with Crippen molar-refractivity contribution >= 4 is 11.9 Å². The van der Waals surface area contributed by atoms with Gasteiger partial charge in [-0.25, -0.2) is 0 Å². The number of carbonyl (C=O) groups is 2. The van der Waals surface area contributed by atoms with Crippen LogP contribution in [0.1, 0.15) is 207 Å². The molecule has 0 saturated heterocycles. The Hall–Kier alpha value is -1.10. The minimum atomic E-state index is -0.0629. The van der Waals surface area contributed by atoms with E-state index in [0.717, 1.165) is 25.9 Å². The lowest BCUT2D eigenvalue weighted by atomic mass is 9.95. The fraction of sp³-hybridized carbons (Fsp3) is 0.950. The third-order valence-corrected chi connectivity index (χ3v) is 9.29. The molecule has 0 radical (unpaired) electrons. The molecule has 0 spiro atoms. The number of carbonyl (C=O) groups excluding carboxylic acids is 2. The minimum absolute atomic E-state index is 0.0629. The first-order chi connectivity index (χ1) is 22.1. The van der Waals surface area contributed by atoms with Crippen LogP contribution in [0, 0.1) is 11.8 Å². The molecule has 0 heterocycles. The van der Waals surface area contributed by atoms with E-state index in [1.165, 1.54) is 154 Å². The molecule has 268 valence electrons. The zero-order chi connectivity index (χ0) is 33.1. The van der Waals surface area contributed by atoms with E-state index in [4.69, 9.17) is 9.47 Å². The molecular weight excluding hydrogens is 558 g/mol. The van der Waals surface area contributed by atoms with Gasteiger partial charge in [0.1, 0.15) is 0 Å². The van der Waals surface area contributed by atoms with Crippen LogP contribution in [-0.4, -0.2) is 38.2 Å². The van der Waals surface area contributed by atoms with Gasteiger partial charge in [0, 0.05) is 12.8 Å². The molecule has 0 aromatic rings. The van der Waals surface area contributed by atoms with Gasteiger partial charge in [-0.15, -0.1) is 0 Å². The number of hydrogen-bond acceptors (Lipinski definition) is 5. The summed E-state index contributed by atoms with van der Waals surface area (Å²) in [5.41, 5.74) is 0. The van der Waals surface area contributed by atoms with Crippen LogP contribution >= 0.6 is 0 Å². The van der Waals surface area contributed by atoms with Crippen LogP contribution in [0.15, 0.2) is 0 Å². The van der Waals surface area contributed by atoms with Crippen molar-refractivity contribution in [1.82, 2.24) is 5.32 Å². The Morgan fingerprint density at radius 1 is 0.422 bits per heavy atom. The van der Waals surface area contributed by atoms with Gasteiger partial charge in [0.2, 0.25) is 0 Å². The van der Waals surface area contributed by atoms with Crippen LogP contribution in [0.4, 0.5) is 0 Å². The van der Waals surface area contributed by atoms with Gasteiger partial charge >= 0.3 is 11.9 Å². The van der Waals surface area contributed by atoms with Crippen LogP contribution in [0.3, 0.4) is 0 Å². The Balaban J connectivity index is 4.06. The molecule has 2 atom stereocenters. The summed E-state index contributed by atoms with van der Waals surface area (Å²) in [5, 5.41) is 3.39. The van der Waals surface area contributed by atoms with Crippen molar-refractivity contribution in [2.45, 2.75) is 207 Å². The number of nitrogens with one attached hydrogen (secondary N) is 1. The average molecular weight is 638 g/mol. The lowest BCUT2D eigenvalue weighted by Crippen LogP contribution is -2.20. The molecule has 1 N–H and O–H groups in total. The van der Waals surface area contributed by atoms with E-state index < -0.39 is 0 Å². The van der Waals surface area contributed by atoms with E-state index in [-0.39, 0.29) is 11.9 Å². The summed E-state index contributed by atoms with van der Waals surface area (Å²) in [4.78, 5) is 24.8. The fourth-order valence-corrected chi connectivity index (χ4v) is 6.17. The van der Waals surface area contributed by atoms with Crippen LogP contribution < -0.4 is 5.32 Å². The standard InChI is InChI=1S/C40H79NO4/c1-5-9-13-17-19-23-29-37(27-21-15-11-7-3)35-44-39(42)31-25-33-41-34-26-32-40(43)45-36-38(28-22-16-12-8-4)30-24-20-18-14-10-6-2/h37-38,41H,5-36H2,1-4H3. The zero-order valence-electron chi connectivity index (χ0n) is 30.9. The van der Waals surface area contributed by atoms with Crippen molar-refractivity contribution in [3.63, 3.8) is 0 Å². The molecule has 0 aromatic heterocycles. The predicted octanol–water partition coefficient (Wildman–Crippen LogP) is 11.9. The second-order valence-corrected chi connectivity index (χ2v) is 13.9. The number of hydrogen-bond donors (Lipinski definition) is 1. The second kappa shape index (κ2) is 35.7. The van der Waals surface area contributed by atoms with Crippen molar-refractivity contribution in [2.24, 2.45) is 11.8 Å². The number of rotatable bonds is 36. The Bertz CT molecular complexity index is 573. The average Bonchev–Trinajstić information content (AvgIpc) is 3.04. The summed E-state index contributed by atoms with van der Waals surface area (Å²) < 4.78 is 11.4. The van der Waals surface area contributed by atoms with Crippen LogP contribution in [-0.2, 0) is 19.1 Å². The van der Waals surface area contributed by atoms with Crippen LogP contribution in [0.25, 0.3) is 0 Å². The Morgan fingerprint density at radius 3 is 1.04 bits per heavy atom. The first kappa shape index (κ1) is 43.9. The zero-order valence-corrected chi connectivity index (χ0v) is 30.9. The van der Waals surface area contributed by atoms with Gasteiger partial charge in [-0.3, -0.25) is 9.59 Å². The van der Waals surface area contributed by atoms with Gasteiger partial charge in [0.15, 0.2) is 0 Å². The smallest absolute Gasteiger partial charge is 0.305 e. The highest BCUT2D eigenvalue weighted by Crippen LogP contribution is 2.21. The van der Waals surface area contributed by atoms with Crippen molar-refractivity contribution < 1.29 is 19.1 Å². The third-order valence-electron chi connectivity index (χ3n) is 9.29. The highest BCUT2D eigenvalue weighted by Gasteiger charge is 2.14. The molecule has 0 saturated carbocycles. The van der Waals surface area contributed by atoms with Crippen molar-refractivity contribution in [2.75, 3.05) is 26.3 Å². The highest BCUT2D eigenvalue weighted by atomic mass is 16.5. The quantitative estimate of drug-likeness (QED) is 0.0547. The first-order valence-corrected chi connectivity index (χ1v) is 20.1. The SMILES string of the molecule is CCCCCCCCC(CCCCCC)COC(=O)CCCNCCCC(=O)OCC(CCCCCC)CCCCCCCC. The van der Waals surface area contributed by atoms with Crippen LogP contribution in [0.2, 0.25) is 0 Å². The van der Waals surface area contributed by atoms with Gasteiger partial charge < -0.3 is 14.8 Å². The molecule has 2 unspecified atom stereocenters. The number of esters is 2. The molecule has 0 aliphatic rings. The highest BCUT2D eigenvalue weighted by molar-refractivity contribution is 5.69. The molecule has 0 aliphatic heterocycles. The van der Waals surface area contributed by atoms with E-state index in [0.29, 0.717) is 37.9 Å². The monoisotopic (exact) mass is 638 g/mol. The molecule has 0 rings (SSSR count). The molecule has 0 bridgehead atoms. The maximum absolute atomic E-state index is 12.4. The van der Waals surface area contributed by atoms with Gasteiger partial charge in [0.05, 0.1) is 13.2 Å². The second-order valence-electron chi connectivity index (χ2n) is 13.9. The van der Waals surface area contributed by atoms with Crippen LogP contribution in [0.5, 0.6) is 0 Å². The molecule has 0 amide bonds. The van der Waals surface area contributed by atoms with E-state index in [2.05, 4.69) is 33.0 Å². The maximum atomic E-state index is 12.4. The molecule has 0 aliphatic carbocycles. The Morgan fingerprint density at radius 2 is 0.711 bits per heavy atom. The maximum Gasteiger partial charge on any atom is 0.305 e. The van der Waals surface area contributed by atoms with Gasteiger partial charge in [-0.05, 0) is 63.5 Å². The summed E-state index contributed by atoms with van der Waals surface area (Å²) in [5.74, 6) is 0.905. The van der Waals surface area contributed by atoms with Crippen molar-refractivity contribution in [3.05, 3.63) is 0 Å². The summed E-state index contributed by atoms with van der Waals surface area (Å²) in [7, 11) is 0. The molecule has 0 fully saturated rings. The number of unbranched alkanes of at least 4 members (excludes halogenated alkanes) is 16. The van der Waals surface area contributed by atoms with E-state index in [1.807, 2.05) is 0 Å².